The van der Waals surface area contributed by atoms with Gasteiger partial charge in [-0.1, -0.05) is 19.9 Å². The Labute approximate surface area is 120 Å². The van der Waals surface area contributed by atoms with E-state index < -0.39 is 17.9 Å². The molecule has 1 atom stereocenters. The summed E-state index contributed by atoms with van der Waals surface area (Å²) in [6.45, 7) is 3.47. The Bertz CT molecular complexity index is 639. The molecule has 8 heteroatoms. The molecule has 0 aliphatic heterocycles. The molecule has 0 saturated carbocycles. The molecular formula is C13H15N5O3. The second-order valence-electron chi connectivity index (χ2n) is 4.84. The molecule has 110 valence electrons. The molecule has 21 heavy (non-hydrogen) atoms. The number of nitrogens with one attached hydrogen (secondary N) is 1. The van der Waals surface area contributed by atoms with Crippen LogP contribution in [0.2, 0.25) is 0 Å². The van der Waals surface area contributed by atoms with Crippen molar-refractivity contribution in [1.29, 1.82) is 0 Å². The second-order valence-corrected chi connectivity index (χ2v) is 4.84. The molecule has 0 saturated heterocycles. The number of carboxylic acids is 1. The molecule has 0 radical (unpaired) electrons. The lowest BCUT2D eigenvalue weighted by atomic mass is 10.0. The first-order valence-corrected chi connectivity index (χ1v) is 6.36. The third-order valence-corrected chi connectivity index (χ3v) is 2.94. The van der Waals surface area contributed by atoms with Crippen molar-refractivity contribution in [3.63, 3.8) is 0 Å². The molecule has 0 unspecified atom stereocenters. The molecule has 8 nitrogen and oxygen atoms in total. The van der Waals surface area contributed by atoms with E-state index >= 15 is 0 Å². The number of carboxylic acid groups (broad SMARTS) is 1. The fraction of sp³-hybridized carbons (Fsp3) is 0.308. The number of tetrazole rings is 1. The van der Waals surface area contributed by atoms with E-state index in [0.29, 0.717) is 11.3 Å². The van der Waals surface area contributed by atoms with Gasteiger partial charge in [0.05, 0.1) is 5.69 Å². The van der Waals surface area contributed by atoms with E-state index in [-0.39, 0.29) is 5.92 Å². The van der Waals surface area contributed by atoms with Gasteiger partial charge in [0.25, 0.3) is 5.91 Å². The highest BCUT2D eigenvalue weighted by Crippen LogP contribution is 2.10. The van der Waals surface area contributed by atoms with Gasteiger partial charge in [0.2, 0.25) is 0 Å². The predicted molar refractivity (Wildman–Crippen MR) is 72.9 cm³/mol. The summed E-state index contributed by atoms with van der Waals surface area (Å²) < 4.78 is 1.41. The Morgan fingerprint density at radius 3 is 2.67 bits per heavy atom. The van der Waals surface area contributed by atoms with Gasteiger partial charge in [0, 0.05) is 5.56 Å². The normalized spacial score (nSPS) is 12.1. The van der Waals surface area contributed by atoms with Crippen LogP contribution in [0.15, 0.2) is 30.6 Å². The number of carbonyl (C=O) groups is 2. The fourth-order valence-electron chi connectivity index (χ4n) is 1.81. The Kier molecular flexibility index (Phi) is 4.27. The van der Waals surface area contributed by atoms with Crippen molar-refractivity contribution in [3.8, 4) is 5.69 Å². The summed E-state index contributed by atoms with van der Waals surface area (Å²) in [7, 11) is 0. The molecule has 2 rings (SSSR count). The van der Waals surface area contributed by atoms with Gasteiger partial charge in [-0.05, 0) is 34.5 Å². The Morgan fingerprint density at radius 2 is 2.10 bits per heavy atom. The smallest absolute Gasteiger partial charge is 0.326 e. The lowest BCUT2D eigenvalue weighted by Gasteiger charge is -2.18. The van der Waals surface area contributed by atoms with Gasteiger partial charge in [0.15, 0.2) is 0 Å². The van der Waals surface area contributed by atoms with Crippen LogP contribution < -0.4 is 5.32 Å². The van der Waals surface area contributed by atoms with E-state index in [1.165, 1.54) is 11.0 Å². The lowest BCUT2D eigenvalue weighted by molar-refractivity contribution is -0.140. The average Bonchev–Trinajstić information content (AvgIpc) is 2.98. The summed E-state index contributed by atoms with van der Waals surface area (Å²) >= 11 is 0. The van der Waals surface area contributed by atoms with E-state index in [2.05, 4.69) is 20.8 Å². The Balaban J connectivity index is 2.20. The van der Waals surface area contributed by atoms with Crippen LogP contribution in [-0.2, 0) is 4.79 Å². The van der Waals surface area contributed by atoms with E-state index in [1.54, 1.807) is 38.1 Å². The first-order valence-electron chi connectivity index (χ1n) is 6.36. The zero-order chi connectivity index (χ0) is 15.4. The number of amides is 1. The van der Waals surface area contributed by atoms with Crippen LogP contribution >= 0.6 is 0 Å². The molecule has 2 aromatic rings. The van der Waals surface area contributed by atoms with E-state index in [0.717, 1.165) is 0 Å². The first kappa shape index (κ1) is 14.6. The molecule has 0 bridgehead atoms. The quantitative estimate of drug-likeness (QED) is 0.829. The minimum absolute atomic E-state index is 0.214. The molecule has 0 aliphatic rings. The van der Waals surface area contributed by atoms with Crippen LogP contribution in [-0.4, -0.2) is 43.2 Å². The third kappa shape index (κ3) is 3.41. The van der Waals surface area contributed by atoms with Gasteiger partial charge in [-0.2, -0.15) is 0 Å². The van der Waals surface area contributed by atoms with Gasteiger partial charge >= 0.3 is 5.97 Å². The van der Waals surface area contributed by atoms with E-state index in [9.17, 15) is 9.59 Å². The SMILES string of the molecule is CC(C)[C@@H](NC(=O)c1cccc(-n2cnnn2)c1)C(=O)O. The van der Waals surface area contributed by atoms with E-state index in [1.807, 2.05) is 0 Å². The molecule has 1 amide bonds. The predicted octanol–water partition coefficient (Wildman–Crippen LogP) is 0.501. The summed E-state index contributed by atoms with van der Waals surface area (Å²) in [5, 5.41) is 22.4. The molecular weight excluding hydrogens is 274 g/mol. The summed E-state index contributed by atoms with van der Waals surface area (Å²) in [6.07, 6.45) is 1.41. The van der Waals surface area contributed by atoms with Gasteiger partial charge in [-0.15, -0.1) is 5.10 Å². The highest BCUT2D eigenvalue weighted by atomic mass is 16.4. The largest absolute Gasteiger partial charge is 0.480 e. The summed E-state index contributed by atoms with van der Waals surface area (Å²) in [5.74, 6) is -1.73. The Morgan fingerprint density at radius 1 is 1.33 bits per heavy atom. The monoisotopic (exact) mass is 289 g/mol. The first-order chi connectivity index (χ1) is 9.99. The highest BCUT2D eigenvalue weighted by molar-refractivity contribution is 5.97. The summed E-state index contributed by atoms with van der Waals surface area (Å²) in [6, 6.07) is 5.67. The van der Waals surface area contributed by atoms with E-state index in [4.69, 9.17) is 5.11 Å². The zero-order valence-corrected chi connectivity index (χ0v) is 11.6. The van der Waals surface area contributed by atoms with Crippen molar-refractivity contribution >= 4 is 11.9 Å². The standard InChI is InChI=1S/C13H15N5O3/c1-8(2)11(13(20)21)15-12(19)9-4-3-5-10(6-9)18-7-14-16-17-18/h3-8,11H,1-2H3,(H,15,19)(H,20,21)/t11-/m1/s1. The Hall–Kier alpha value is -2.77. The maximum atomic E-state index is 12.2. The van der Waals surface area contributed by atoms with Crippen molar-refractivity contribution in [2.24, 2.45) is 5.92 Å². The van der Waals surface area contributed by atoms with Crippen molar-refractivity contribution in [3.05, 3.63) is 36.2 Å². The number of hydrogen-bond acceptors (Lipinski definition) is 5. The number of aliphatic carboxylic acids is 1. The molecule has 0 fully saturated rings. The topological polar surface area (TPSA) is 110 Å². The highest BCUT2D eigenvalue weighted by Gasteiger charge is 2.24. The average molecular weight is 289 g/mol. The molecule has 2 N–H and O–H groups in total. The van der Waals surface area contributed by atoms with Crippen LogP contribution in [0.1, 0.15) is 24.2 Å². The van der Waals surface area contributed by atoms with Crippen LogP contribution in [0, 0.1) is 5.92 Å². The lowest BCUT2D eigenvalue weighted by Crippen LogP contribution is -2.44. The number of carbonyl (C=O) groups excluding carboxylic acids is 1. The maximum absolute atomic E-state index is 12.2. The van der Waals surface area contributed by atoms with Crippen LogP contribution in [0.4, 0.5) is 0 Å². The van der Waals surface area contributed by atoms with Crippen LogP contribution in [0.3, 0.4) is 0 Å². The number of benzene rings is 1. The fourth-order valence-corrected chi connectivity index (χ4v) is 1.81. The molecule has 1 aromatic carbocycles. The van der Waals surface area contributed by atoms with Gasteiger partial charge in [-0.3, -0.25) is 4.79 Å². The minimum Gasteiger partial charge on any atom is -0.480 e. The summed E-state index contributed by atoms with van der Waals surface area (Å²) in [4.78, 5) is 23.3. The zero-order valence-electron chi connectivity index (χ0n) is 11.6. The number of aromatic nitrogens is 4. The van der Waals surface area contributed by atoms with Crippen molar-refractivity contribution in [1.82, 2.24) is 25.5 Å². The van der Waals surface area contributed by atoms with Crippen molar-refractivity contribution < 1.29 is 14.7 Å². The third-order valence-electron chi connectivity index (χ3n) is 2.94. The van der Waals surface area contributed by atoms with Gasteiger partial charge in [0.1, 0.15) is 12.4 Å². The minimum atomic E-state index is -1.06. The molecule has 1 aromatic heterocycles. The van der Waals surface area contributed by atoms with Gasteiger partial charge < -0.3 is 10.4 Å². The second kappa shape index (κ2) is 6.12. The maximum Gasteiger partial charge on any atom is 0.326 e. The number of hydrogen-bond donors (Lipinski definition) is 2. The van der Waals surface area contributed by atoms with Crippen molar-refractivity contribution in [2.75, 3.05) is 0 Å². The number of nitrogens with zero attached hydrogens (tertiary/aromatic N) is 4. The van der Waals surface area contributed by atoms with Crippen LogP contribution in [0.25, 0.3) is 5.69 Å². The molecule has 1 heterocycles. The molecule has 0 spiro atoms. The molecule has 0 aliphatic carbocycles. The summed E-state index contributed by atoms with van der Waals surface area (Å²) in [5.41, 5.74) is 0.957. The van der Waals surface area contributed by atoms with Crippen molar-refractivity contribution in [2.45, 2.75) is 19.9 Å². The van der Waals surface area contributed by atoms with Crippen LogP contribution in [0.5, 0.6) is 0 Å². The van der Waals surface area contributed by atoms with Gasteiger partial charge in [-0.25, -0.2) is 9.48 Å². The number of rotatable bonds is 5.